The summed E-state index contributed by atoms with van der Waals surface area (Å²) in [5.74, 6) is 5.92. The molecule has 0 radical (unpaired) electrons. The molecule has 0 aliphatic rings. The smallest absolute Gasteiger partial charge is 0.264 e. The first-order valence-electron chi connectivity index (χ1n) is 12.9. The molecule has 0 bridgehead atoms. The summed E-state index contributed by atoms with van der Waals surface area (Å²) in [6.07, 6.45) is 5.52. The van der Waals surface area contributed by atoms with E-state index in [0.29, 0.717) is 10.9 Å². The van der Waals surface area contributed by atoms with Crippen LogP contribution in [0.4, 0.5) is 5.82 Å². The maximum atomic E-state index is 13.5. The molecule has 0 atom stereocenters. The molecule has 6 rings (SSSR count). The van der Waals surface area contributed by atoms with Crippen molar-refractivity contribution < 1.29 is 4.79 Å². The van der Waals surface area contributed by atoms with Gasteiger partial charge in [-0.2, -0.15) is 5.10 Å². The second-order valence-corrected chi connectivity index (χ2v) is 9.29. The van der Waals surface area contributed by atoms with Crippen LogP contribution in [0.15, 0.2) is 84.2 Å². The molecule has 10 heteroatoms. The summed E-state index contributed by atoms with van der Waals surface area (Å²) >= 11 is 0. The Balaban J connectivity index is 0.000000216. The quantitative estimate of drug-likeness (QED) is 0.328. The lowest BCUT2D eigenvalue weighted by atomic mass is 10.0. The molecule has 0 aliphatic carbocycles. The molecule has 4 heterocycles. The van der Waals surface area contributed by atoms with Crippen LogP contribution in [0, 0.1) is 18.8 Å². The van der Waals surface area contributed by atoms with Crippen molar-refractivity contribution in [2.24, 2.45) is 12.8 Å². The minimum atomic E-state index is -0.585. The summed E-state index contributed by atoms with van der Waals surface area (Å²) in [7, 11) is 1.89. The van der Waals surface area contributed by atoms with E-state index in [1.54, 1.807) is 27.7 Å². The van der Waals surface area contributed by atoms with E-state index in [1.165, 1.54) is 10.8 Å². The van der Waals surface area contributed by atoms with E-state index in [2.05, 4.69) is 40.0 Å². The summed E-state index contributed by atoms with van der Waals surface area (Å²) < 4.78 is 5.00. The number of hydrogen-bond donors (Lipinski definition) is 2. The molecule has 0 saturated heterocycles. The number of fused-ring (bicyclic) bond motifs is 2. The molecule has 41 heavy (non-hydrogen) atoms. The third-order valence-electron chi connectivity index (χ3n) is 6.78. The van der Waals surface area contributed by atoms with Crippen molar-refractivity contribution in [2.45, 2.75) is 20.3 Å². The van der Waals surface area contributed by atoms with Gasteiger partial charge >= 0.3 is 0 Å². The highest BCUT2D eigenvalue weighted by Crippen LogP contribution is 2.20. The number of para-hydroxylation sites is 1. The van der Waals surface area contributed by atoms with Crippen molar-refractivity contribution >= 4 is 28.0 Å². The van der Waals surface area contributed by atoms with Gasteiger partial charge in [0.25, 0.3) is 11.5 Å². The van der Waals surface area contributed by atoms with Gasteiger partial charge in [0.05, 0.1) is 28.4 Å². The topological polar surface area (TPSA) is 139 Å². The zero-order valence-electron chi connectivity index (χ0n) is 22.9. The number of amides is 1. The van der Waals surface area contributed by atoms with Gasteiger partial charge in [-0.3, -0.25) is 18.8 Å². The number of nitrogens with two attached hydrogens (primary N) is 2. The molecule has 6 aromatic rings. The number of pyridine rings is 1. The first kappa shape index (κ1) is 26.9. The molecule has 4 N–H and O–H groups in total. The lowest BCUT2D eigenvalue weighted by molar-refractivity contribution is 0.100. The molecule has 0 aliphatic heterocycles. The molecule has 2 aromatic carbocycles. The van der Waals surface area contributed by atoms with Crippen LogP contribution in [0.2, 0.25) is 0 Å². The van der Waals surface area contributed by atoms with Gasteiger partial charge in [0.1, 0.15) is 11.9 Å². The summed E-state index contributed by atoms with van der Waals surface area (Å²) in [6.45, 7) is 4.05. The van der Waals surface area contributed by atoms with Gasteiger partial charge in [0.2, 0.25) is 0 Å². The standard InChI is InChI=1S/C24H21N3O.C7H7N5O/c1-4-21-15-19-10-8-9-18(13-14-20-16-25-26(3)17(20)2)23(19)24(28)27(21)22-11-6-5-7-12-22;8-6-5(7(9)13)4-1-2-10-3-12(4)11-6/h5-12,15-16H,4H2,1-3H3;1-3H,(H2,8,11)(H2,9,13). The Morgan fingerprint density at radius 2 is 1.78 bits per heavy atom. The van der Waals surface area contributed by atoms with Gasteiger partial charge < -0.3 is 11.5 Å². The lowest BCUT2D eigenvalue weighted by Crippen LogP contribution is -2.22. The fraction of sp³-hybridized carbons (Fsp3) is 0.129. The van der Waals surface area contributed by atoms with E-state index in [4.69, 9.17) is 11.5 Å². The van der Waals surface area contributed by atoms with Gasteiger partial charge in [-0.15, -0.1) is 5.10 Å². The fourth-order valence-electron chi connectivity index (χ4n) is 4.58. The number of aromatic nitrogens is 6. The molecule has 10 nitrogen and oxygen atoms in total. The Labute approximate surface area is 235 Å². The molecule has 0 saturated carbocycles. The number of carbonyl (C=O) groups excluding carboxylic acids is 1. The van der Waals surface area contributed by atoms with Crippen LogP contribution >= 0.6 is 0 Å². The molecule has 0 fully saturated rings. The largest absolute Gasteiger partial charge is 0.382 e. The predicted octanol–water partition coefficient (Wildman–Crippen LogP) is 3.41. The second kappa shape index (κ2) is 11.2. The number of primary amides is 1. The molecule has 1 amide bonds. The van der Waals surface area contributed by atoms with Crippen LogP contribution in [-0.4, -0.2) is 34.9 Å². The summed E-state index contributed by atoms with van der Waals surface area (Å²) in [4.78, 5) is 28.3. The summed E-state index contributed by atoms with van der Waals surface area (Å²) in [6, 6.07) is 19.3. The van der Waals surface area contributed by atoms with Crippen LogP contribution in [-0.2, 0) is 13.5 Å². The molecule has 204 valence electrons. The monoisotopic (exact) mass is 544 g/mol. The molecular weight excluding hydrogens is 516 g/mol. The van der Waals surface area contributed by atoms with Gasteiger partial charge in [0, 0.05) is 30.2 Å². The first-order chi connectivity index (χ1) is 19.8. The number of carbonyl (C=O) groups is 1. The fourth-order valence-corrected chi connectivity index (χ4v) is 4.58. The van der Waals surface area contributed by atoms with E-state index >= 15 is 0 Å². The molecule has 0 unspecified atom stereocenters. The summed E-state index contributed by atoms with van der Waals surface area (Å²) in [5.41, 5.74) is 15.9. The van der Waals surface area contributed by atoms with Crippen LogP contribution in [0.5, 0.6) is 0 Å². The number of anilines is 1. The Morgan fingerprint density at radius 1 is 1.02 bits per heavy atom. The molecule has 0 spiro atoms. The number of aryl methyl sites for hydroxylation is 2. The number of nitrogens with zero attached hydrogens (tertiary/aromatic N) is 6. The van der Waals surface area contributed by atoms with Crippen molar-refractivity contribution in [1.29, 1.82) is 0 Å². The normalized spacial score (nSPS) is 10.6. The van der Waals surface area contributed by atoms with Crippen LogP contribution < -0.4 is 17.0 Å². The van der Waals surface area contributed by atoms with Gasteiger partial charge in [0.15, 0.2) is 5.82 Å². The maximum absolute atomic E-state index is 13.5. The highest BCUT2D eigenvalue weighted by molar-refractivity contribution is 6.04. The Hall–Kier alpha value is -5.69. The van der Waals surface area contributed by atoms with E-state index in [0.717, 1.165) is 40.0 Å². The zero-order chi connectivity index (χ0) is 29.1. The lowest BCUT2D eigenvalue weighted by Gasteiger charge is -2.14. The number of hydrogen-bond acceptors (Lipinski definition) is 6. The Bertz CT molecular complexity index is 2020. The van der Waals surface area contributed by atoms with E-state index < -0.39 is 5.91 Å². The van der Waals surface area contributed by atoms with Crippen molar-refractivity contribution in [1.82, 2.24) is 28.9 Å². The average molecular weight is 545 g/mol. The number of nitrogen functional groups attached to an aromatic ring is 1. The molecule has 4 aromatic heterocycles. The van der Waals surface area contributed by atoms with Crippen molar-refractivity contribution in [3.8, 4) is 17.5 Å². The number of benzene rings is 2. The Kier molecular flexibility index (Phi) is 7.35. The van der Waals surface area contributed by atoms with Gasteiger partial charge in [-0.05, 0) is 49.1 Å². The van der Waals surface area contributed by atoms with Crippen LogP contribution in [0.3, 0.4) is 0 Å². The highest BCUT2D eigenvalue weighted by Gasteiger charge is 2.14. The zero-order valence-corrected chi connectivity index (χ0v) is 22.9. The van der Waals surface area contributed by atoms with Crippen LogP contribution in [0.25, 0.3) is 22.0 Å². The number of rotatable bonds is 3. The van der Waals surface area contributed by atoms with E-state index in [9.17, 15) is 9.59 Å². The van der Waals surface area contributed by atoms with Crippen molar-refractivity contribution in [2.75, 3.05) is 5.73 Å². The van der Waals surface area contributed by atoms with Gasteiger partial charge in [-0.1, -0.05) is 49.1 Å². The third kappa shape index (κ3) is 5.16. The summed E-state index contributed by atoms with van der Waals surface area (Å²) in [5, 5.41) is 9.67. The first-order valence-corrected chi connectivity index (χ1v) is 12.9. The average Bonchev–Trinajstić information content (AvgIpc) is 3.49. The highest BCUT2D eigenvalue weighted by atomic mass is 16.1. The third-order valence-corrected chi connectivity index (χ3v) is 6.78. The van der Waals surface area contributed by atoms with Crippen LogP contribution in [0.1, 0.15) is 39.8 Å². The van der Waals surface area contributed by atoms with E-state index in [1.807, 2.05) is 62.5 Å². The minimum Gasteiger partial charge on any atom is -0.382 e. The minimum absolute atomic E-state index is 0.0339. The second-order valence-electron chi connectivity index (χ2n) is 9.29. The predicted molar refractivity (Wildman–Crippen MR) is 159 cm³/mol. The van der Waals surface area contributed by atoms with E-state index in [-0.39, 0.29) is 16.9 Å². The van der Waals surface area contributed by atoms with Crippen molar-refractivity contribution in [3.05, 3.63) is 118 Å². The maximum Gasteiger partial charge on any atom is 0.264 e. The van der Waals surface area contributed by atoms with Crippen molar-refractivity contribution in [3.63, 3.8) is 0 Å². The molecular formula is C31H28N8O2. The SMILES string of the molecule is CCc1cc2cccc(C#Cc3cnn(C)c3C)c2c(=O)n1-c1ccccc1.NC(=O)c1c(N)nn2cnccc12. The van der Waals surface area contributed by atoms with Gasteiger partial charge in [-0.25, -0.2) is 9.50 Å². The Morgan fingerprint density at radius 3 is 2.46 bits per heavy atom.